The van der Waals surface area contributed by atoms with Gasteiger partial charge in [0.2, 0.25) is 0 Å². The molecule has 8 heteroatoms. The zero-order valence-corrected chi connectivity index (χ0v) is 30.8. The summed E-state index contributed by atoms with van der Waals surface area (Å²) in [4.78, 5) is 0. The van der Waals surface area contributed by atoms with Crippen LogP contribution in [0.15, 0.2) is 109 Å². The summed E-state index contributed by atoms with van der Waals surface area (Å²) in [5, 5.41) is 10.0. The van der Waals surface area contributed by atoms with Gasteiger partial charge in [-0.25, -0.2) is 0 Å². The fourth-order valence-electron chi connectivity index (χ4n) is 9.12. The van der Waals surface area contributed by atoms with Crippen LogP contribution in [0.4, 0.5) is 0 Å². The average Bonchev–Trinajstić information content (AvgIpc) is 3.20. The van der Waals surface area contributed by atoms with E-state index in [2.05, 4.69) is 104 Å². The van der Waals surface area contributed by atoms with Crippen LogP contribution in [0.25, 0.3) is 82.1 Å². The maximum atomic E-state index is 7.18. The van der Waals surface area contributed by atoms with Crippen LogP contribution >= 0.6 is 0 Å². The molecule has 8 aromatic carbocycles. The Bertz CT molecular complexity index is 3080. The maximum absolute atomic E-state index is 7.18. The summed E-state index contributed by atoms with van der Waals surface area (Å²) in [7, 11) is 55.3. The molecule has 1 atom stereocenters. The first kappa shape index (κ1) is 35.6. The molecule has 0 spiro atoms. The van der Waals surface area contributed by atoms with Crippen molar-refractivity contribution in [2.45, 2.75) is 26.2 Å². The second-order valence-corrected chi connectivity index (χ2v) is 14.8. The summed E-state index contributed by atoms with van der Waals surface area (Å²) in [5.74, 6) is 0.169. The minimum atomic E-state index is 0.0552. The molecule has 8 aromatic rings. The third-order valence-corrected chi connectivity index (χ3v) is 11.6. The van der Waals surface area contributed by atoms with E-state index in [1.807, 2.05) is 12.1 Å². The van der Waals surface area contributed by atoms with E-state index in [0.717, 1.165) is 54.4 Å². The zero-order chi connectivity index (χ0) is 38.4. The fourth-order valence-corrected chi connectivity index (χ4v) is 9.12. The van der Waals surface area contributed by atoms with Crippen molar-refractivity contribution in [2.75, 3.05) is 0 Å². The predicted molar refractivity (Wildman–Crippen MR) is 248 cm³/mol. The first-order valence-corrected chi connectivity index (χ1v) is 18.4. The molecular formula is C47H27B8. The normalized spacial score (nSPS) is 14.7. The molecule has 0 saturated heterocycles. The molecular weight excluding hydrogens is 651 g/mol. The van der Waals surface area contributed by atoms with Crippen LogP contribution in [0.5, 0.6) is 0 Å². The molecule has 0 heterocycles. The number of benzene rings is 8. The van der Waals surface area contributed by atoms with Crippen molar-refractivity contribution in [1.82, 2.24) is 0 Å². The summed E-state index contributed by atoms with van der Waals surface area (Å²) in [6.07, 6.45) is 2.83. The van der Waals surface area contributed by atoms with Gasteiger partial charge in [0.05, 0.1) is 0 Å². The minimum absolute atomic E-state index is 0.0552. The van der Waals surface area contributed by atoms with E-state index in [0.29, 0.717) is 50.4 Å². The van der Waals surface area contributed by atoms with E-state index in [9.17, 15) is 0 Å². The molecule has 0 saturated carbocycles. The van der Waals surface area contributed by atoms with Crippen molar-refractivity contribution in [1.29, 1.82) is 0 Å². The Kier molecular flexibility index (Phi) is 8.61. The second-order valence-electron chi connectivity index (χ2n) is 14.8. The summed E-state index contributed by atoms with van der Waals surface area (Å²) >= 11 is 0. The van der Waals surface area contributed by atoms with Crippen LogP contribution in [0.1, 0.15) is 54.0 Å². The quantitative estimate of drug-likeness (QED) is 0.154. The van der Waals surface area contributed by atoms with E-state index >= 15 is 0 Å². The van der Waals surface area contributed by atoms with E-state index in [1.165, 1.54) is 10.9 Å². The molecule has 9 rings (SSSR count). The van der Waals surface area contributed by atoms with Gasteiger partial charge < -0.3 is 0 Å². The van der Waals surface area contributed by atoms with Crippen LogP contribution in [0, 0.1) is 0 Å². The Morgan fingerprint density at radius 1 is 0.545 bits per heavy atom. The van der Waals surface area contributed by atoms with E-state index in [4.69, 9.17) is 62.4 Å². The Hall–Kier alpha value is -5.07. The third kappa shape index (κ3) is 5.27. The van der Waals surface area contributed by atoms with Crippen LogP contribution in [-0.2, 0) is 0 Å². The Labute approximate surface area is 332 Å². The Balaban J connectivity index is 1.58. The fraction of sp³-hybridized carbons (Fsp3) is 0.0851. The molecule has 1 unspecified atom stereocenters. The van der Waals surface area contributed by atoms with Crippen LogP contribution < -0.4 is 21.9 Å². The molecule has 239 valence electrons. The van der Waals surface area contributed by atoms with E-state index < -0.39 is 0 Å². The Morgan fingerprint density at radius 3 is 1.64 bits per heavy atom. The monoisotopic (exact) mass is 679 g/mol. The van der Waals surface area contributed by atoms with E-state index in [-0.39, 0.29) is 33.1 Å². The molecule has 0 aromatic heterocycles. The second kappa shape index (κ2) is 13.3. The molecule has 1 aliphatic rings. The van der Waals surface area contributed by atoms with Crippen molar-refractivity contribution < 1.29 is 0 Å². The first-order chi connectivity index (χ1) is 26.5. The summed E-state index contributed by atoms with van der Waals surface area (Å²) in [5.41, 5.74) is 8.23. The number of fused-ring (bicyclic) bond motifs is 10. The molecule has 0 amide bonds. The van der Waals surface area contributed by atoms with Gasteiger partial charge in [-0.1, -0.05) is 0 Å². The van der Waals surface area contributed by atoms with Gasteiger partial charge in [-0.05, 0) is 0 Å². The first-order valence-electron chi connectivity index (χ1n) is 18.4. The predicted octanol–water partition coefficient (Wildman–Crippen LogP) is 6.18. The molecule has 0 nitrogen and oxygen atoms in total. The van der Waals surface area contributed by atoms with Gasteiger partial charge in [-0.3, -0.25) is 0 Å². The molecule has 0 N–H and O–H groups in total. The van der Waals surface area contributed by atoms with Gasteiger partial charge in [0, 0.05) is 0 Å². The van der Waals surface area contributed by atoms with Gasteiger partial charge >= 0.3 is 334 Å². The molecule has 1 aliphatic carbocycles. The number of allylic oxidation sites excluding steroid dienone is 2. The number of rotatable bonds is 4. The standard InChI is InChI=1S/C47H27B8/c1-22-19-25(20-24-11-3-4-12-26(22)24)35-38-39(44(51)46(53)45(52)43(38)50)37(40(41(35)47(54)55)42(49)23(2)48)34-21-33-29-15-6-5-13-27(29)28-14-7-9-17-31(28)36(33)32-18-10-8-16-30(32)34/h3-18,20-22H,19H2,1-2H3/b42-23-. The third-order valence-electron chi connectivity index (χ3n) is 11.6. The van der Waals surface area contributed by atoms with Gasteiger partial charge in [0.1, 0.15) is 0 Å². The van der Waals surface area contributed by atoms with Crippen LogP contribution in [0.3, 0.4) is 0 Å². The van der Waals surface area contributed by atoms with Gasteiger partial charge in [-0.2, -0.15) is 0 Å². The van der Waals surface area contributed by atoms with Crippen LogP contribution in [-0.4, -0.2) is 67.8 Å². The molecule has 55 heavy (non-hydrogen) atoms. The SMILES string of the molecule is [B]C(=[B])c1c(/C([B])=C(/[B])C)c(-c2cc3c4ccccc4c4ccccc4c3c3ccccc23)c2c([B])c([B])c([B])c([B])c2c1C1=Cc2ccccc2C(C)C1. The van der Waals surface area contributed by atoms with Crippen molar-refractivity contribution in [2.24, 2.45) is 0 Å². The number of hydrogen-bond donors (Lipinski definition) is 0. The average molecular weight is 678 g/mol. The summed E-state index contributed by atoms with van der Waals surface area (Å²) in [6, 6.07) is 36.0. The summed E-state index contributed by atoms with van der Waals surface area (Å²) < 4.78 is 0. The molecule has 0 fully saturated rings. The summed E-state index contributed by atoms with van der Waals surface area (Å²) in [6.45, 7) is 3.97. The number of hydrogen-bond acceptors (Lipinski definition) is 0. The van der Waals surface area contributed by atoms with Crippen molar-refractivity contribution >= 4 is 161 Å². The topological polar surface area (TPSA) is 0 Å². The van der Waals surface area contributed by atoms with Gasteiger partial charge in [0.15, 0.2) is 0 Å². The van der Waals surface area contributed by atoms with Gasteiger partial charge in [-0.15, -0.1) is 0 Å². The van der Waals surface area contributed by atoms with E-state index in [1.54, 1.807) is 6.92 Å². The zero-order valence-electron chi connectivity index (χ0n) is 30.8. The van der Waals surface area contributed by atoms with Gasteiger partial charge in [0.25, 0.3) is 0 Å². The van der Waals surface area contributed by atoms with Crippen molar-refractivity contribution in [3.63, 3.8) is 0 Å². The molecule has 0 aliphatic heterocycles. The van der Waals surface area contributed by atoms with Crippen LogP contribution in [0.2, 0.25) is 0 Å². The molecule has 15 radical (unpaired) electrons. The van der Waals surface area contributed by atoms with Crippen molar-refractivity contribution in [3.05, 3.63) is 136 Å². The molecule has 0 bridgehead atoms. The Morgan fingerprint density at radius 2 is 1.04 bits per heavy atom. The van der Waals surface area contributed by atoms with Crippen molar-refractivity contribution in [3.8, 4) is 11.1 Å².